The molecular weight excluding hydrogens is 287 g/mol. The number of rotatable bonds is 2. The van der Waals surface area contributed by atoms with Crippen LogP contribution in [0.3, 0.4) is 0 Å². The number of carbonyl (C=O) groups is 1. The molecule has 0 aliphatic carbocycles. The normalized spacial score (nSPS) is 22.7. The third-order valence-corrected chi connectivity index (χ3v) is 3.43. The zero-order valence-electron chi connectivity index (χ0n) is 11.4. The Labute approximate surface area is 120 Å². The fourth-order valence-corrected chi connectivity index (χ4v) is 2.40. The molecule has 116 valence electrons. The van der Waals surface area contributed by atoms with Gasteiger partial charge in [-0.2, -0.15) is 13.2 Å². The summed E-state index contributed by atoms with van der Waals surface area (Å²) in [4.78, 5) is 11.1. The van der Waals surface area contributed by atoms with Gasteiger partial charge in [0.1, 0.15) is 6.10 Å². The van der Waals surface area contributed by atoms with Crippen molar-refractivity contribution in [2.45, 2.75) is 24.6 Å². The Morgan fingerprint density at radius 3 is 2.76 bits per heavy atom. The highest BCUT2D eigenvalue weighted by atomic mass is 19.4. The molecule has 1 fully saturated rings. The number of nitrogens with one attached hydrogen (secondary N) is 1. The molecule has 0 spiro atoms. The fourth-order valence-electron chi connectivity index (χ4n) is 2.40. The lowest BCUT2D eigenvalue weighted by Gasteiger charge is -2.29. The monoisotopic (exact) mass is 303 g/mol. The van der Waals surface area contributed by atoms with Gasteiger partial charge in [-0.1, -0.05) is 18.2 Å². The van der Waals surface area contributed by atoms with Crippen LogP contribution in [-0.4, -0.2) is 32.5 Å². The predicted molar refractivity (Wildman–Crippen MR) is 68.9 cm³/mol. The van der Waals surface area contributed by atoms with E-state index >= 15 is 0 Å². The van der Waals surface area contributed by atoms with E-state index in [1.54, 1.807) is 6.07 Å². The Balaban J connectivity index is 2.09. The maximum absolute atomic E-state index is 12.7. The molecule has 1 saturated heterocycles. The molecular formula is C14H16F3NO3. The summed E-state index contributed by atoms with van der Waals surface area (Å²) < 4.78 is 47.6. The van der Waals surface area contributed by atoms with Crippen molar-refractivity contribution >= 4 is 6.16 Å². The Hall–Kier alpha value is -1.76. The van der Waals surface area contributed by atoms with Gasteiger partial charge in [0.25, 0.3) is 0 Å². The van der Waals surface area contributed by atoms with Crippen LogP contribution in [0.4, 0.5) is 18.0 Å². The summed E-state index contributed by atoms with van der Waals surface area (Å²) in [5, 5.41) is 3.06. The summed E-state index contributed by atoms with van der Waals surface area (Å²) in [6.07, 6.45) is -5.10. The molecule has 1 heterocycles. The molecule has 2 rings (SSSR count). The lowest BCUT2D eigenvalue weighted by atomic mass is 9.89. The van der Waals surface area contributed by atoms with Crippen molar-refractivity contribution in [2.24, 2.45) is 0 Å². The van der Waals surface area contributed by atoms with E-state index in [9.17, 15) is 18.0 Å². The minimum Gasteiger partial charge on any atom is -0.438 e. The van der Waals surface area contributed by atoms with Crippen molar-refractivity contribution in [1.82, 2.24) is 5.32 Å². The largest absolute Gasteiger partial charge is 0.508 e. The lowest BCUT2D eigenvalue weighted by molar-refractivity contribution is -0.137. The number of piperidine rings is 1. The first-order valence-corrected chi connectivity index (χ1v) is 6.52. The van der Waals surface area contributed by atoms with Crippen LogP contribution in [0.25, 0.3) is 0 Å². The topological polar surface area (TPSA) is 47.6 Å². The molecule has 1 N–H and O–H groups in total. The number of alkyl halides is 3. The van der Waals surface area contributed by atoms with E-state index < -0.39 is 24.0 Å². The van der Waals surface area contributed by atoms with Gasteiger partial charge < -0.3 is 14.8 Å². The fraction of sp³-hybridized carbons (Fsp3) is 0.500. The van der Waals surface area contributed by atoms with Gasteiger partial charge in [-0.05, 0) is 24.0 Å². The molecule has 0 aromatic heterocycles. The SMILES string of the molecule is COC(=O)OC1CNCC(c2cccc(C(F)(F)F)c2)C1. The molecule has 0 saturated carbocycles. The molecule has 0 radical (unpaired) electrons. The van der Waals surface area contributed by atoms with Crippen LogP contribution in [0.15, 0.2) is 24.3 Å². The number of carbonyl (C=O) groups excluding carboxylic acids is 1. The van der Waals surface area contributed by atoms with Gasteiger partial charge in [0.15, 0.2) is 0 Å². The highest BCUT2D eigenvalue weighted by molar-refractivity contribution is 5.59. The smallest absolute Gasteiger partial charge is 0.438 e. The summed E-state index contributed by atoms with van der Waals surface area (Å²) >= 11 is 0. The number of ether oxygens (including phenoxy) is 2. The average molecular weight is 303 g/mol. The van der Waals surface area contributed by atoms with Crippen LogP contribution in [0.2, 0.25) is 0 Å². The third kappa shape index (κ3) is 4.10. The minimum absolute atomic E-state index is 0.143. The number of methoxy groups -OCH3 is 1. The Bertz CT molecular complexity index is 504. The first kappa shape index (κ1) is 15.6. The number of hydrogen-bond donors (Lipinski definition) is 1. The summed E-state index contributed by atoms with van der Waals surface area (Å²) in [7, 11) is 1.21. The minimum atomic E-state index is -4.36. The summed E-state index contributed by atoms with van der Waals surface area (Å²) in [6, 6.07) is 5.24. The second-order valence-corrected chi connectivity index (χ2v) is 4.91. The van der Waals surface area contributed by atoms with Crippen molar-refractivity contribution in [3.8, 4) is 0 Å². The molecule has 0 amide bonds. The van der Waals surface area contributed by atoms with Crippen molar-refractivity contribution in [3.63, 3.8) is 0 Å². The molecule has 1 aromatic rings. The van der Waals surface area contributed by atoms with E-state index in [0.29, 0.717) is 25.1 Å². The van der Waals surface area contributed by atoms with Crippen molar-refractivity contribution in [3.05, 3.63) is 35.4 Å². The van der Waals surface area contributed by atoms with Crippen molar-refractivity contribution in [1.29, 1.82) is 0 Å². The molecule has 1 aliphatic rings. The zero-order chi connectivity index (χ0) is 15.5. The number of halogens is 3. The lowest BCUT2D eigenvalue weighted by Crippen LogP contribution is -2.40. The zero-order valence-corrected chi connectivity index (χ0v) is 11.4. The molecule has 0 bridgehead atoms. The van der Waals surface area contributed by atoms with E-state index in [0.717, 1.165) is 12.1 Å². The molecule has 1 aromatic carbocycles. The molecule has 4 nitrogen and oxygen atoms in total. The van der Waals surface area contributed by atoms with Gasteiger partial charge >= 0.3 is 12.3 Å². The summed E-state index contributed by atoms with van der Waals surface area (Å²) in [6.45, 7) is 1.01. The van der Waals surface area contributed by atoms with Crippen LogP contribution in [0.1, 0.15) is 23.5 Å². The van der Waals surface area contributed by atoms with E-state index in [2.05, 4.69) is 10.1 Å². The van der Waals surface area contributed by atoms with E-state index in [-0.39, 0.29) is 5.92 Å². The van der Waals surface area contributed by atoms with Gasteiger partial charge in [-0.15, -0.1) is 0 Å². The first-order chi connectivity index (χ1) is 9.90. The number of benzene rings is 1. The Morgan fingerprint density at radius 2 is 2.10 bits per heavy atom. The third-order valence-electron chi connectivity index (χ3n) is 3.43. The molecule has 7 heteroatoms. The molecule has 2 unspecified atom stereocenters. The quantitative estimate of drug-likeness (QED) is 0.853. The Kier molecular flexibility index (Phi) is 4.72. The highest BCUT2D eigenvalue weighted by Crippen LogP contribution is 2.32. The second kappa shape index (κ2) is 6.34. The molecule has 21 heavy (non-hydrogen) atoms. The van der Waals surface area contributed by atoms with Gasteiger partial charge in [0.05, 0.1) is 12.7 Å². The van der Waals surface area contributed by atoms with Crippen LogP contribution < -0.4 is 5.32 Å². The maximum atomic E-state index is 12.7. The van der Waals surface area contributed by atoms with Crippen LogP contribution in [0, 0.1) is 0 Å². The number of hydrogen-bond acceptors (Lipinski definition) is 4. The van der Waals surface area contributed by atoms with Crippen molar-refractivity contribution in [2.75, 3.05) is 20.2 Å². The first-order valence-electron chi connectivity index (χ1n) is 6.52. The molecule has 2 atom stereocenters. The van der Waals surface area contributed by atoms with Crippen LogP contribution >= 0.6 is 0 Å². The van der Waals surface area contributed by atoms with Gasteiger partial charge in [-0.3, -0.25) is 0 Å². The average Bonchev–Trinajstić information content (AvgIpc) is 2.46. The molecule has 1 aliphatic heterocycles. The van der Waals surface area contributed by atoms with Gasteiger partial charge in [0, 0.05) is 13.1 Å². The van der Waals surface area contributed by atoms with Crippen LogP contribution in [-0.2, 0) is 15.7 Å². The summed E-state index contributed by atoms with van der Waals surface area (Å²) in [5.74, 6) is -0.143. The standard InChI is InChI=1S/C14H16F3NO3/c1-20-13(19)21-12-6-10(7-18-8-12)9-3-2-4-11(5-9)14(15,16)17/h2-5,10,12,18H,6-8H2,1H3. The highest BCUT2D eigenvalue weighted by Gasteiger charge is 2.32. The van der Waals surface area contributed by atoms with Crippen molar-refractivity contribution < 1.29 is 27.4 Å². The predicted octanol–water partition coefficient (Wildman–Crippen LogP) is 2.93. The maximum Gasteiger partial charge on any atom is 0.508 e. The van der Waals surface area contributed by atoms with Crippen LogP contribution in [0.5, 0.6) is 0 Å². The summed E-state index contributed by atoms with van der Waals surface area (Å²) in [5.41, 5.74) is -0.0912. The van der Waals surface area contributed by atoms with Gasteiger partial charge in [0.2, 0.25) is 0 Å². The van der Waals surface area contributed by atoms with E-state index in [1.165, 1.54) is 13.2 Å². The Morgan fingerprint density at radius 1 is 1.33 bits per heavy atom. The second-order valence-electron chi connectivity index (χ2n) is 4.91. The van der Waals surface area contributed by atoms with E-state index in [4.69, 9.17) is 4.74 Å². The van der Waals surface area contributed by atoms with E-state index in [1.807, 2.05) is 0 Å². The van der Waals surface area contributed by atoms with Gasteiger partial charge in [-0.25, -0.2) is 4.79 Å².